The van der Waals surface area contributed by atoms with Gasteiger partial charge in [0.1, 0.15) is 5.75 Å². The third-order valence-electron chi connectivity index (χ3n) is 4.90. The fourth-order valence-electron chi connectivity index (χ4n) is 3.53. The van der Waals surface area contributed by atoms with E-state index in [4.69, 9.17) is 14.2 Å². The molecule has 0 aromatic heterocycles. The number of rotatable bonds is 6. The smallest absolute Gasteiger partial charge is 0.338 e. The molecule has 28 heavy (non-hydrogen) atoms. The van der Waals surface area contributed by atoms with Crippen LogP contribution in [0.1, 0.15) is 31.0 Å². The second kappa shape index (κ2) is 9.07. The molecule has 152 valence electrons. The number of benzene rings is 1. The average molecular weight is 389 g/mol. The maximum atomic E-state index is 12.5. The first-order valence-electron chi connectivity index (χ1n) is 9.45. The molecular formula is C20H27N3O5. The lowest BCUT2D eigenvalue weighted by Crippen LogP contribution is -2.45. The molecule has 1 saturated heterocycles. The molecule has 1 fully saturated rings. The van der Waals surface area contributed by atoms with Crippen LogP contribution in [0.25, 0.3) is 0 Å². The van der Waals surface area contributed by atoms with Crippen LogP contribution in [0, 0.1) is 0 Å². The number of methoxy groups -OCH3 is 1. The van der Waals surface area contributed by atoms with Crippen LogP contribution >= 0.6 is 0 Å². The van der Waals surface area contributed by atoms with Crippen molar-refractivity contribution in [3.8, 4) is 5.75 Å². The zero-order chi connectivity index (χ0) is 20.1. The van der Waals surface area contributed by atoms with Gasteiger partial charge in [-0.25, -0.2) is 9.59 Å². The summed E-state index contributed by atoms with van der Waals surface area (Å²) in [5.41, 5.74) is 2.71. The van der Waals surface area contributed by atoms with Gasteiger partial charge in [0.2, 0.25) is 0 Å². The highest BCUT2D eigenvalue weighted by molar-refractivity contribution is 5.95. The monoisotopic (exact) mass is 389 g/mol. The van der Waals surface area contributed by atoms with Crippen molar-refractivity contribution in [3.63, 3.8) is 0 Å². The van der Waals surface area contributed by atoms with Gasteiger partial charge in [0.15, 0.2) is 0 Å². The van der Waals surface area contributed by atoms with Gasteiger partial charge in [0.05, 0.1) is 38.5 Å². The summed E-state index contributed by atoms with van der Waals surface area (Å²) >= 11 is 0. The van der Waals surface area contributed by atoms with Crippen molar-refractivity contribution >= 4 is 12.0 Å². The Morgan fingerprint density at radius 2 is 2.07 bits per heavy atom. The third kappa shape index (κ3) is 4.45. The first-order chi connectivity index (χ1) is 13.5. The molecule has 0 saturated carbocycles. The molecule has 1 aromatic carbocycles. The van der Waals surface area contributed by atoms with Crippen LogP contribution in [-0.2, 0) is 20.8 Å². The molecule has 0 spiro atoms. The number of hydrogen-bond donors (Lipinski definition) is 2. The summed E-state index contributed by atoms with van der Waals surface area (Å²) in [5, 5.41) is 5.49. The lowest BCUT2D eigenvalue weighted by Gasteiger charge is -2.30. The molecular weight excluding hydrogens is 362 g/mol. The van der Waals surface area contributed by atoms with E-state index in [0.717, 1.165) is 30.0 Å². The molecule has 2 aliphatic heterocycles. The quantitative estimate of drug-likeness (QED) is 0.720. The van der Waals surface area contributed by atoms with Gasteiger partial charge in [-0.3, -0.25) is 4.90 Å². The number of nitrogens with zero attached hydrogens (tertiary/aromatic N) is 1. The van der Waals surface area contributed by atoms with E-state index in [1.165, 1.54) is 0 Å². The average Bonchev–Trinajstić information content (AvgIpc) is 2.68. The molecule has 8 heteroatoms. The number of hydrogen-bond acceptors (Lipinski definition) is 6. The number of esters is 1. The van der Waals surface area contributed by atoms with Crippen LogP contribution in [0.15, 0.2) is 29.5 Å². The van der Waals surface area contributed by atoms with Crippen molar-refractivity contribution in [3.05, 3.63) is 40.6 Å². The second-order valence-corrected chi connectivity index (χ2v) is 6.75. The summed E-state index contributed by atoms with van der Waals surface area (Å²) < 4.78 is 16.1. The van der Waals surface area contributed by atoms with Crippen LogP contribution < -0.4 is 15.4 Å². The van der Waals surface area contributed by atoms with Crippen LogP contribution in [0.4, 0.5) is 4.79 Å². The van der Waals surface area contributed by atoms with E-state index in [-0.39, 0.29) is 12.6 Å². The van der Waals surface area contributed by atoms with Gasteiger partial charge < -0.3 is 24.8 Å². The van der Waals surface area contributed by atoms with Gasteiger partial charge >= 0.3 is 12.0 Å². The van der Waals surface area contributed by atoms with E-state index in [2.05, 4.69) is 15.5 Å². The Labute approximate surface area is 164 Å². The van der Waals surface area contributed by atoms with Crippen LogP contribution in [0.2, 0.25) is 0 Å². The molecule has 0 aliphatic carbocycles. The summed E-state index contributed by atoms with van der Waals surface area (Å²) in [6, 6.07) is 4.79. The molecule has 8 nitrogen and oxygen atoms in total. The van der Waals surface area contributed by atoms with Crippen LogP contribution in [0.3, 0.4) is 0 Å². The molecule has 2 amide bonds. The SMILES string of the molecule is CCOC(=O)C1=C(C)NC(=O)N[C@@H]1c1ccc(OC)c(CN2CCOCC2)c1. The van der Waals surface area contributed by atoms with Gasteiger partial charge in [-0.1, -0.05) is 6.07 Å². The first kappa shape index (κ1) is 20.2. The van der Waals surface area contributed by atoms with E-state index in [1.54, 1.807) is 21.0 Å². The first-order valence-corrected chi connectivity index (χ1v) is 9.45. The van der Waals surface area contributed by atoms with Crippen molar-refractivity contribution in [1.82, 2.24) is 15.5 Å². The molecule has 0 unspecified atom stereocenters. The predicted octanol–water partition coefficient (Wildman–Crippen LogP) is 1.72. The molecule has 2 N–H and O–H groups in total. The number of morpholine rings is 1. The summed E-state index contributed by atoms with van der Waals surface area (Å²) in [7, 11) is 1.64. The zero-order valence-corrected chi connectivity index (χ0v) is 16.5. The molecule has 1 atom stereocenters. The number of urea groups is 1. The third-order valence-corrected chi connectivity index (χ3v) is 4.90. The highest BCUT2D eigenvalue weighted by Crippen LogP contribution is 2.31. The van der Waals surface area contributed by atoms with Crippen molar-refractivity contribution < 1.29 is 23.8 Å². The van der Waals surface area contributed by atoms with Gasteiger partial charge in [0, 0.05) is 30.9 Å². The molecule has 1 aromatic rings. The lowest BCUT2D eigenvalue weighted by atomic mass is 9.94. The minimum Gasteiger partial charge on any atom is -0.496 e. The fraction of sp³-hybridized carbons (Fsp3) is 0.500. The summed E-state index contributed by atoms with van der Waals surface area (Å²) in [6.07, 6.45) is 0. The minimum absolute atomic E-state index is 0.265. The number of carbonyl (C=O) groups excluding carboxylic acids is 2. The Morgan fingerprint density at radius 1 is 1.32 bits per heavy atom. The maximum absolute atomic E-state index is 12.5. The van der Waals surface area contributed by atoms with Crippen LogP contribution in [-0.4, -0.2) is 56.9 Å². The molecule has 2 heterocycles. The van der Waals surface area contributed by atoms with Gasteiger partial charge in [0.25, 0.3) is 0 Å². The van der Waals surface area contributed by atoms with Crippen molar-refractivity contribution in [1.29, 1.82) is 0 Å². The largest absolute Gasteiger partial charge is 0.496 e. The van der Waals surface area contributed by atoms with E-state index < -0.39 is 12.0 Å². The minimum atomic E-state index is -0.581. The Morgan fingerprint density at radius 3 is 2.75 bits per heavy atom. The second-order valence-electron chi connectivity index (χ2n) is 6.75. The number of nitrogens with one attached hydrogen (secondary N) is 2. The number of ether oxygens (including phenoxy) is 3. The standard InChI is InChI=1S/C20H27N3O5/c1-4-28-19(24)17-13(2)21-20(25)22-18(17)14-5-6-16(26-3)15(11-14)12-23-7-9-27-10-8-23/h5-6,11,18H,4,7-10,12H2,1-3H3,(H2,21,22,25)/t18-/m1/s1. The Bertz CT molecular complexity index is 771. The van der Waals surface area contributed by atoms with Crippen molar-refractivity contribution in [2.75, 3.05) is 40.0 Å². The van der Waals surface area contributed by atoms with Crippen LogP contribution in [0.5, 0.6) is 5.75 Å². The Balaban J connectivity index is 1.94. The van der Waals surface area contributed by atoms with Gasteiger partial charge in [-0.2, -0.15) is 0 Å². The Kier molecular flexibility index (Phi) is 6.53. The topological polar surface area (TPSA) is 89.1 Å². The highest BCUT2D eigenvalue weighted by Gasteiger charge is 2.32. The fourth-order valence-corrected chi connectivity index (χ4v) is 3.53. The summed E-state index contributed by atoms with van der Waals surface area (Å²) in [6.45, 7) is 7.55. The predicted molar refractivity (Wildman–Crippen MR) is 103 cm³/mol. The highest BCUT2D eigenvalue weighted by atomic mass is 16.5. The lowest BCUT2D eigenvalue weighted by molar-refractivity contribution is -0.139. The maximum Gasteiger partial charge on any atom is 0.338 e. The molecule has 0 bridgehead atoms. The van der Waals surface area contributed by atoms with Gasteiger partial charge in [-0.15, -0.1) is 0 Å². The summed E-state index contributed by atoms with van der Waals surface area (Å²) in [4.78, 5) is 26.8. The summed E-state index contributed by atoms with van der Waals surface area (Å²) in [5.74, 6) is 0.330. The van der Waals surface area contributed by atoms with E-state index >= 15 is 0 Å². The number of amides is 2. The zero-order valence-electron chi connectivity index (χ0n) is 16.5. The van der Waals surface area contributed by atoms with E-state index in [0.29, 0.717) is 31.0 Å². The van der Waals surface area contributed by atoms with Gasteiger partial charge in [-0.05, 0) is 31.5 Å². The normalized spacial score (nSPS) is 20.4. The molecule has 3 rings (SSSR count). The molecule has 2 aliphatic rings. The number of allylic oxidation sites excluding steroid dienone is 1. The van der Waals surface area contributed by atoms with Crippen molar-refractivity contribution in [2.45, 2.75) is 26.4 Å². The number of carbonyl (C=O) groups is 2. The van der Waals surface area contributed by atoms with E-state index in [1.807, 2.05) is 18.2 Å². The Hall–Kier alpha value is -2.58. The van der Waals surface area contributed by atoms with E-state index in [9.17, 15) is 9.59 Å². The van der Waals surface area contributed by atoms with Crippen molar-refractivity contribution in [2.24, 2.45) is 0 Å². The molecule has 0 radical (unpaired) electrons.